The summed E-state index contributed by atoms with van der Waals surface area (Å²) >= 11 is 12.2. The molecule has 0 fully saturated rings. The van der Waals surface area contributed by atoms with Crippen molar-refractivity contribution in [2.45, 2.75) is 13.8 Å². The zero-order valence-corrected chi connectivity index (χ0v) is 13.4. The largest absolute Gasteiger partial charge is 0.480 e. The molecule has 1 aromatic heterocycles. The van der Waals surface area contributed by atoms with Crippen LogP contribution < -0.4 is 10.1 Å². The van der Waals surface area contributed by atoms with E-state index in [9.17, 15) is 9.18 Å². The number of anilines is 1. The molecular formula is C15H13Cl2FN2O2. The van der Waals surface area contributed by atoms with Gasteiger partial charge in [-0.05, 0) is 26.0 Å². The minimum absolute atomic E-state index is 0.0791. The fraction of sp³-hybridized carbons (Fsp3) is 0.200. The van der Waals surface area contributed by atoms with Gasteiger partial charge in [0.1, 0.15) is 15.9 Å². The molecule has 2 aromatic rings. The summed E-state index contributed by atoms with van der Waals surface area (Å²) in [7, 11) is 0. The van der Waals surface area contributed by atoms with Gasteiger partial charge in [-0.1, -0.05) is 35.3 Å². The number of rotatable bonds is 4. The maximum atomic E-state index is 13.4. The van der Waals surface area contributed by atoms with Crippen molar-refractivity contribution in [2.75, 3.05) is 11.9 Å². The van der Waals surface area contributed by atoms with E-state index < -0.39 is 11.7 Å². The number of hydrogen-bond donors (Lipinski definition) is 1. The van der Waals surface area contributed by atoms with Crippen molar-refractivity contribution in [2.24, 2.45) is 0 Å². The molecule has 22 heavy (non-hydrogen) atoms. The number of aromatic nitrogens is 1. The van der Waals surface area contributed by atoms with Gasteiger partial charge in [-0.3, -0.25) is 9.78 Å². The highest BCUT2D eigenvalue weighted by atomic mass is 35.5. The summed E-state index contributed by atoms with van der Waals surface area (Å²) in [6, 6.07) is 5.85. The Morgan fingerprint density at radius 3 is 2.41 bits per heavy atom. The molecule has 0 aliphatic carbocycles. The van der Waals surface area contributed by atoms with Gasteiger partial charge >= 0.3 is 0 Å². The second kappa shape index (κ2) is 6.94. The Kier molecular flexibility index (Phi) is 5.21. The first kappa shape index (κ1) is 16.5. The second-order valence-electron chi connectivity index (χ2n) is 4.56. The Morgan fingerprint density at radius 1 is 1.23 bits per heavy atom. The lowest BCUT2D eigenvalue weighted by molar-refractivity contribution is -0.118. The molecule has 0 aliphatic heterocycles. The first-order valence-electron chi connectivity index (χ1n) is 6.39. The topological polar surface area (TPSA) is 51.2 Å². The van der Waals surface area contributed by atoms with Crippen LogP contribution in [0.2, 0.25) is 10.0 Å². The van der Waals surface area contributed by atoms with Crippen molar-refractivity contribution in [3.05, 3.63) is 51.5 Å². The number of halogens is 3. The van der Waals surface area contributed by atoms with E-state index in [0.717, 1.165) is 0 Å². The molecule has 0 saturated heterocycles. The van der Waals surface area contributed by atoms with E-state index in [1.54, 1.807) is 19.9 Å². The molecular weight excluding hydrogens is 330 g/mol. The van der Waals surface area contributed by atoms with E-state index in [1.807, 2.05) is 0 Å². The summed E-state index contributed by atoms with van der Waals surface area (Å²) in [5.74, 6) is -0.858. The third-order valence-corrected chi connectivity index (χ3v) is 3.76. The number of aryl methyl sites for hydroxylation is 2. The van der Waals surface area contributed by atoms with Crippen molar-refractivity contribution in [3.8, 4) is 5.75 Å². The van der Waals surface area contributed by atoms with Crippen LogP contribution in [0.25, 0.3) is 0 Å². The number of para-hydroxylation sites is 1. The number of benzene rings is 1. The van der Waals surface area contributed by atoms with E-state index >= 15 is 0 Å². The monoisotopic (exact) mass is 342 g/mol. The van der Waals surface area contributed by atoms with Crippen molar-refractivity contribution < 1.29 is 13.9 Å². The molecule has 1 amide bonds. The SMILES string of the molecule is Cc1nc(C)c(Cl)c(OCC(=O)Nc2ccccc2F)c1Cl. The number of pyridine rings is 1. The van der Waals surface area contributed by atoms with Crippen LogP contribution in [0.3, 0.4) is 0 Å². The van der Waals surface area contributed by atoms with Crippen LogP contribution in [0.5, 0.6) is 5.75 Å². The van der Waals surface area contributed by atoms with Gasteiger partial charge in [-0.15, -0.1) is 0 Å². The van der Waals surface area contributed by atoms with E-state index in [0.29, 0.717) is 11.4 Å². The summed E-state index contributed by atoms with van der Waals surface area (Å²) in [6.07, 6.45) is 0. The van der Waals surface area contributed by atoms with Gasteiger partial charge in [-0.2, -0.15) is 0 Å². The van der Waals surface area contributed by atoms with Gasteiger partial charge in [0.15, 0.2) is 12.4 Å². The maximum absolute atomic E-state index is 13.4. The lowest BCUT2D eigenvalue weighted by Gasteiger charge is -2.13. The summed E-state index contributed by atoms with van der Waals surface area (Å²) in [4.78, 5) is 16.0. The molecule has 0 atom stereocenters. The van der Waals surface area contributed by atoms with Gasteiger partial charge in [0, 0.05) is 0 Å². The molecule has 4 nitrogen and oxygen atoms in total. The Labute approximate surface area is 137 Å². The van der Waals surface area contributed by atoms with Crippen LogP contribution in [0, 0.1) is 19.7 Å². The van der Waals surface area contributed by atoms with Crippen molar-refractivity contribution >= 4 is 34.8 Å². The highest BCUT2D eigenvalue weighted by molar-refractivity contribution is 6.37. The minimum Gasteiger partial charge on any atom is -0.480 e. The van der Waals surface area contributed by atoms with Crippen molar-refractivity contribution in [1.29, 1.82) is 0 Å². The molecule has 1 aromatic carbocycles. The predicted octanol–water partition coefficient (Wildman–Crippen LogP) is 4.16. The predicted molar refractivity (Wildman–Crippen MR) is 84.3 cm³/mol. The van der Waals surface area contributed by atoms with E-state index in [4.69, 9.17) is 27.9 Å². The standard InChI is InChI=1S/C15H13Cl2FN2O2/c1-8-13(16)15(14(17)9(2)19-8)22-7-12(21)20-11-6-4-3-5-10(11)18/h3-6H,7H2,1-2H3,(H,20,21). The summed E-state index contributed by atoms with van der Waals surface area (Å²) in [5, 5.41) is 2.90. The van der Waals surface area contributed by atoms with Gasteiger partial charge in [0.25, 0.3) is 5.91 Å². The maximum Gasteiger partial charge on any atom is 0.262 e. The number of hydrogen-bond acceptors (Lipinski definition) is 3. The molecule has 0 bridgehead atoms. The van der Waals surface area contributed by atoms with Crippen LogP contribution in [0.4, 0.5) is 10.1 Å². The minimum atomic E-state index is -0.525. The molecule has 1 heterocycles. The van der Waals surface area contributed by atoms with Crippen LogP contribution in [-0.4, -0.2) is 17.5 Å². The lowest BCUT2D eigenvalue weighted by atomic mass is 10.3. The van der Waals surface area contributed by atoms with Crippen molar-refractivity contribution in [3.63, 3.8) is 0 Å². The first-order valence-corrected chi connectivity index (χ1v) is 7.15. The number of amides is 1. The fourth-order valence-electron chi connectivity index (χ4n) is 1.79. The molecule has 0 saturated carbocycles. The van der Waals surface area contributed by atoms with Gasteiger partial charge in [-0.25, -0.2) is 4.39 Å². The molecule has 116 valence electrons. The van der Waals surface area contributed by atoms with Crippen LogP contribution >= 0.6 is 23.2 Å². The quantitative estimate of drug-likeness (QED) is 0.907. The van der Waals surface area contributed by atoms with Crippen molar-refractivity contribution in [1.82, 2.24) is 4.98 Å². The molecule has 2 rings (SSSR count). The summed E-state index contributed by atoms with van der Waals surface area (Å²) < 4.78 is 18.8. The Balaban J connectivity index is 2.08. The first-order chi connectivity index (χ1) is 10.4. The summed E-state index contributed by atoms with van der Waals surface area (Å²) in [6.45, 7) is 3.06. The number of nitrogens with zero attached hydrogens (tertiary/aromatic N) is 1. The average Bonchev–Trinajstić information content (AvgIpc) is 2.47. The fourth-order valence-corrected chi connectivity index (χ4v) is 2.22. The van der Waals surface area contributed by atoms with Gasteiger partial charge in [0.2, 0.25) is 0 Å². The van der Waals surface area contributed by atoms with Crippen LogP contribution in [-0.2, 0) is 4.79 Å². The Morgan fingerprint density at radius 2 is 1.82 bits per heavy atom. The molecule has 0 radical (unpaired) electrons. The lowest BCUT2D eigenvalue weighted by Crippen LogP contribution is -2.21. The third-order valence-electron chi connectivity index (χ3n) is 2.86. The van der Waals surface area contributed by atoms with E-state index in [2.05, 4.69) is 10.3 Å². The summed E-state index contributed by atoms with van der Waals surface area (Å²) in [5.41, 5.74) is 1.18. The van der Waals surface area contributed by atoms with Gasteiger partial charge < -0.3 is 10.1 Å². The Hall–Kier alpha value is -1.85. The molecule has 0 aliphatic rings. The van der Waals surface area contributed by atoms with E-state index in [-0.39, 0.29) is 28.1 Å². The van der Waals surface area contributed by atoms with Crippen LogP contribution in [0.15, 0.2) is 24.3 Å². The highest BCUT2D eigenvalue weighted by Gasteiger charge is 2.16. The molecule has 0 unspecified atom stereocenters. The smallest absolute Gasteiger partial charge is 0.262 e. The number of carbonyl (C=O) groups is 1. The number of ether oxygens (including phenoxy) is 1. The average molecular weight is 343 g/mol. The van der Waals surface area contributed by atoms with Gasteiger partial charge in [0.05, 0.1) is 17.1 Å². The second-order valence-corrected chi connectivity index (χ2v) is 5.31. The van der Waals surface area contributed by atoms with E-state index in [1.165, 1.54) is 18.2 Å². The zero-order chi connectivity index (χ0) is 16.3. The number of nitrogens with one attached hydrogen (secondary N) is 1. The number of carbonyl (C=O) groups excluding carboxylic acids is 1. The van der Waals surface area contributed by atoms with Crippen LogP contribution in [0.1, 0.15) is 11.4 Å². The highest BCUT2D eigenvalue weighted by Crippen LogP contribution is 2.36. The molecule has 0 spiro atoms. The zero-order valence-electron chi connectivity index (χ0n) is 11.9. The normalized spacial score (nSPS) is 10.4. The Bertz CT molecular complexity index is 697. The molecule has 1 N–H and O–H groups in total. The molecule has 7 heteroatoms. The third kappa shape index (κ3) is 3.67.